The van der Waals surface area contributed by atoms with Crippen LogP contribution in [-0.4, -0.2) is 31.3 Å². The second kappa shape index (κ2) is 12.2. The van der Waals surface area contributed by atoms with E-state index < -0.39 is 11.9 Å². The summed E-state index contributed by atoms with van der Waals surface area (Å²) < 4.78 is 0. The summed E-state index contributed by atoms with van der Waals surface area (Å²) in [4.78, 5) is 13.2. The van der Waals surface area contributed by atoms with Gasteiger partial charge >= 0.3 is 5.97 Å². The zero-order valence-corrected chi connectivity index (χ0v) is 16.4. The third kappa shape index (κ3) is 7.49. The van der Waals surface area contributed by atoms with E-state index in [-0.39, 0.29) is 5.82 Å². The van der Waals surface area contributed by atoms with Crippen molar-refractivity contribution in [2.45, 2.75) is 83.6 Å². The molecule has 6 nitrogen and oxygen atoms in total. The lowest BCUT2D eigenvalue weighted by Gasteiger charge is -2.07. The molecule has 0 aliphatic rings. The van der Waals surface area contributed by atoms with Crippen LogP contribution in [0.3, 0.4) is 0 Å². The Morgan fingerprint density at radius 1 is 0.963 bits per heavy atom. The highest BCUT2D eigenvalue weighted by molar-refractivity contribution is 5.79. The molecule has 1 aromatic carbocycles. The number of nitrogens with zero attached hydrogens (tertiary/aromatic N) is 4. The average molecular weight is 373 g/mol. The van der Waals surface area contributed by atoms with Crippen LogP contribution < -0.4 is 0 Å². The Morgan fingerprint density at radius 3 is 2.15 bits per heavy atom. The van der Waals surface area contributed by atoms with E-state index >= 15 is 0 Å². The molecule has 27 heavy (non-hydrogen) atoms. The van der Waals surface area contributed by atoms with Gasteiger partial charge in [-0.25, -0.2) is 0 Å². The predicted octanol–water partition coefficient (Wildman–Crippen LogP) is 4.81. The van der Waals surface area contributed by atoms with Gasteiger partial charge in [-0.15, -0.1) is 10.2 Å². The first kappa shape index (κ1) is 21.1. The summed E-state index contributed by atoms with van der Waals surface area (Å²) in [5, 5.41) is 21.8. The Labute approximate surface area is 162 Å². The molecule has 1 atom stereocenters. The van der Waals surface area contributed by atoms with Crippen LogP contribution in [0.5, 0.6) is 0 Å². The van der Waals surface area contributed by atoms with Crippen molar-refractivity contribution in [1.82, 2.24) is 20.2 Å². The van der Waals surface area contributed by atoms with Crippen molar-refractivity contribution < 1.29 is 9.90 Å². The van der Waals surface area contributed by atoms with E-state index in [1.165, 1.54) is 56.2 Å². The largest absolute Gasteiger partial charge is 0.480 e. The average Bonchev–Trinajstić information content (AvgIpc) is 3.12. The Balaban J connectivity index is 1.69. The molecule has 0 radical (unpaired) electrons. The number of hydrogen-bond acceptors (Lipinski definition) is 4. The summed E-state index contributed by atoms with van der Waals surface area (Å²) in [7, 11) is 0. The fourth-order valence-electron chi connectivity index (χ4n) is 3.25. The predicted molar refractivity (Wildman–Crippen MR) is 106 cm³/mol. The van der Waals surface area contributed by atoms with Gasteiger partial charge in [0.2, 0.25) is 0 Å². The van der Waals surface area contributed by atoms with Crippen molar-refractivity contribution in [2.24, 2.45) is 0 Å². The van der Waals surface area contributed by atoms with Crippen molar-refractivity contribution in [3.63, 3.8) is 0 Å². The molecule has 1 unspecified atom stereocenters. The van der Waals surface area contributed by atoms with Crippen LogP contribution in [-0.2, 0) is 11.3 Å². The van der Waals surface area contributed by atoms with Gasteiger partial charge in [0.1, 0.15) is 5.92 Å². The fourth-order valence-corrected chi connectivity index (χ4v) is 3.25. The highest BCUT2D eigenvalue weighted by atomic mass is 16.4. The van der Waals surface area contributed by atoms with Gasteiger partial charge < -0.3 is 5.11 Å². The molecule has 0 saturated carbocycles. The molecule has 0 saturated heterocycles. The van der Waals surface area contributed by atoms with E-state index in [1.807, 2.05) is 18.2 Å². The quantitative estimate of drug-likeness (QED) is 0.481. The smallest absolute Gasteiger partial charge is 0.318 e. The molecule has 2 aromatic rings. The van der Waals surface area contributed by atoms with Crippen molar-refractivity contribution in [1.29, 1.82) is 0 Å². The Kier molecular flexibility index (Phi) is 9.52. The number of aromatic nitrogens is 4. The second-order valence-electron chi connectivity index (χ2n) is 7.11. The molecule has 1 aromatic heterocycles. The molecule has 0 aliphatic heterocycles. The third-order valence-corrected chi connectivity index (χ3v) is 4.82. The zero-order chi connectivity index (χ0) is 19.3. The number of carbonyl (C=O) groups is 1. The highest BCUT2D eigenvalue weighted by Crippen LogP contribution is 2.21. The number of aryl methyl sites for hydroxylation is 1. The maximum absolute atomic E-state index is 11.6. The summed E-state index contributed by atoms with van der Waals surface area (Å²) in [6.07, 6.45) is 12.7. The highest BCUT2D eigenvalue weighted by Gasteiger charge is 2.26. The van der Waals surface area contributed by atoms with Crippen molar-refractivity contribution in [3.05, 3.63) is 41.7 Å². The molecule has 6 heteroatoms. The summed E-state index contributed by atoms with van der Waals surface area (Å²) in [5.74, 6) is -1.58. The molecule has 0 amide bonds. The molecular formula is C21H32N4O2. The standard InChI is InChI=1S/C21H32N4O2/c1-2-3-4-5-6-7-8-9-10-14-17-25-23-20(22-24-25)19(21(26)27)18-15-12-11-13-16-18/h11-13,15-16,19H,2-10,14,17H2,1H3,(H,26,27). The Bertz CT molecular complexity index is 657. The minimum atomic E-state index is -0.959. The van der Waals surface area contributed by atoms with Crippen molar-refractivity contribution >= 4 is 5.97 Å². The topological polar surface area (TPSA) is 80.9 Å². The third-order valence-electron chi connectivity index (χ3n) is 4.82. The summed E-state index contributed by atoms with van der Waals surface area (Å²) in [6.45, 7) is 2.93. The van der Waals surface area contributed by atoms with E-state index in [0.717, 1.165) is 12.8 Å². The van der Waals surface area contributed by atoms with Gasteiger partial charge in [0, 0.05) is 0 Å². The van der Waals surface area contributed by atoms with Gasteiger partial charge in [-0.3, -0.25) is 4.79 Å². The van der Waals surface area contributed by atoms with E-state index in [2.05, 4.69) is 22.3 Å². The molecule has 0 bridgehead atoms. The maximum Gasteiger partial charge on any atom is 0.318 e. The first-order valence-electron chi connectivity index (χ1n) is 10.3. The van der Waals surface area contributed by atoms with Gasteiger partial charge in [0.15, 0.2) is 5.82 Å². The number of tetrazole rings is 1. The molecule has 2 rings (SSSR count). The molecule has 0 spiro atoms. The molecule has 0 fully saturated rings. The van der Waals surface area contributed by atoms with Crippen LogP contribution in [0.4, 0.5) is 0 Å². The van der Waals surface area contributed by atoms with E-state index in [1.54, 1.807) is 12.1 Å². The van der Waals surface area contributed by atoms with Crippen LogP contribution in [0, 0.1) is 0 Å². The lowest BCUT2D eigenvalue weighted by atomic mass is 9.99. The van der Waals surface area contributed by atoms with Crippen LogP contribution in [0.2, 0.25) is 0 Å². The van der Waals surface area contributed by atoms with Crippen LogP contribution in [0.15, 0.2) is 30.3 Å². The number of hydrogen-bond donors (Lipinski definition) is 1. The van der Waals surface area contributed by atoms with Gasteiger partial charge in [0.05, 0.1) is 6.54 Å². The first-order valence-corrected chi connectivity index (χ1v) is 10.3. The molecule has 0 aliphatic carbocycles. The van der Waals surface area contributed by atoms with E-state index in [9.17, 15) is 9.90 Å². The fraction of sp³-hybridized carbons (Fsp3) is 0.619. The van der Waals surface area contributed by atoms with Gasteiger partial charge in [-0.1, -0.05) is 95.0 Å². The van der Waals surface area contributed by atoms with Crippen LogP contribution in [0.25, 0.3) is 0 Å². The monoisotopic (exact) mass is 372 g/mol. The maximum atomic E-state index is 11.6. The van der Waals surface area contributed by atoms with E-state index in [0.29, 0.717) is 12.1 Å². The molecular weight excluding hydrogens is 340 g/mol. The number of carboxylic acids is 1. The second-order valence-corrected chi connectivity index (χ2v) is 7.11. The lowest BCUT2D eigenvalue weighted by Crippen LogP contribution is -2.15. The molecule has 1 heterocycles. The number of benzene rings is 1. The minimum Gasteiger partial charge on any atom is -0.480 e. The normalized spacial score (nSPS) is 12.2. The van der Waals surface area contributed by atoms with Gasteiger partial charge in [-0.2, -0.15) is 4.80 Å². The zero-order valence-electron chi connectivity index (χ0n) is 16.4. The lowest BCUT2D eigenvalue weighted by molar-refractivity contribution is -0.137. The number of carboxylic acid groups (broad SMARTS) is 1. The van der Waals surface area contributed by atoms with Crippen molar-refractivity contribution in [3.8, 4) is 0 Å². The molecule has 1 N–H and O–H groups in total. The summed E-state index contributed by atoms with van der Waals surface area (Å²) in [6, 6.07) is 9.06. The number of aliphatic carboxylic acids is 1. The Morgan fingerprint density at radius 2 is 1.56 bits per heavy atom. The Hall–Kier alpha value is -2.24. The number of rotatable bonds is 14. The first-order chi connectivity index (χ1) is 13.2. The SMILES string of the molecule is CCCCCCCCCCCCn1nnc(C(C(=O)O)c2ccccc2)n1. The van der Waals surface area contributed by atoms with E-state index in [4.69, 9.17) is 0 Å². The van der Waals surface area contributed by atoms with Gasteiger partial charge in [0.25, 0.3) is 0 Å². The summed E-state index contributed by atoms with van der Waals surface area (Å²) in [5.41, 5.74) is 0.670. The minimum absolute atomic E-state index is 0.251. The summed E-state index contributed by atoms with van der Waals surface area (Å²) >= 11 is 0. The molecule has 148 valence electrons. The van der Waals surface area contributed by atoms with Crippen LogP contribution in [0.1, 0.15) is 88.4 Å². The van der Waals surface area contributed by atoms with Crippen molar-refractivity contribution in [2.75, 3.05) is 0 Å². The number of unbranched alkanes of at least 4 members (excludes halogenated alkanes) is 9. The van der Waals surface area contributed by atoms with Crippen LogP contribution >= 0.6 is 0 Å². The van der Waals surface area contributed by atoms with Gasteiger partial charge in [-0.05, 0) is 17.2 Å².